The van der Waals surface area contributed by atoms with Crippen molar-refractivity contribution in [2.75, 3.05) is 13.1 Å². The van der Waals surface area contributed by atoms with E-state index in [-0.39, 0.29) is 11.9 Å². The highest BCUT2D eigenvalue weighted by molar-refractivity contribution is 5.92. The first-order chi connectivity index (χ1) is 13.2. The van der Waals surface area contributed by atoms with E-state index in [1.54, 1.807) is 6.07 Å². The van der Waals surface area contributed by atoms with E-state index in [1.807, 2.05) is 6.07 Å². The van der Waals surface area contributed by atoms with Gasteiger partial charge in [0.05, 0.1) is 0 Å². The molecule has 2 aliphatic rings. The molecule has 140 valence electrons. The SMILES string of the molecule is C[C@H]1CN(Cc2c[nH]c3ccccc23)C[C@@H]1NC(=O)c1cc(C2CC2)on1. The van der Waals surface area contributed by atoms with Gasteiger partial charge in [0.15, 0.2) is 5.69 Å². The number of carbonyl (C=O) groups excluding carboxylic acids is 1. The van der Waals surface area contributed by atoms with Crippen LogP contribution in [0.15, 0.2) is 41.1 Å². The van der Waals surface area contributed by atoms with Gasteiger partial charge in [-0.15, -0.1) is 0 Å². The van der Waals surface area contributed by atoms with E-state index in [0.29, 0.717) is 17.5 Å². The van der Waals surface area contributed by atoms with Crippen molar-refractivity contribution in [3.05, 3.63) is 53.5 Å². The number of hydrogen-bond acceptors (Lipinski definition) is 4. The van der Waals surface area contributed by atoms with Crippen molar-refractivity contribution in [2.24, 2.45) is 5.92 Å². The Kier molecular flexibility index (Phi) is 4.01. The summed E-state index contributed by atoms with van der Waals surface area (Å²) in [6.07, 6.45) is 4.37. The summed E-state index contributed by atoms with van der Waals surface area (Å²) in [6.45, 7) is 4.89. The number of amides is 1. The summed E-state index contributed by atoms with van der Waals surface area (Å²) >= 11 is 0. The van der Waals surface area contributed by atoms with Gasteiger partial charge in [-0.3, -0.25) is 9.69 Å². The van der Waals surface area contributed by atoms with E-state index in [9.17, 15) is 4.79 Å². The molecule has 1 aliphatic carbocycles. The molecule has 0 radical (unpaired) electrons. The standard InChI is InChI=1S/C21H24N4O2/c1-13-10-25(11-15-9-22-17-5-3-2-4-16(15)17)12-19(13)23-21(26)18-8-20(27-24-18)14-6-7-14/h2-5,8-9,13-14,19,22H,6-7,10-12H2,1H3,(H,23,26)/t13-,19-/m0/s1. The lowest BCUT2D eigenvalue weighted by Gasteiger charge is -2.16. The molecule has 2 N–H and O–H groups in total. The van der Waals surface area contributed by atoms with Crippen LogP contribution in [0, 0.1) is 5.92 Å². The van der Waals surface area contributed by atoms with Crippen molar-refractivity contribution in [2.45, 2.75) is 38.3 Å². The fraction of sp³-hybridized carbons (Fsp3) is 0.429. The first-order valence-electron chi connectivity index (χ1n) is 9.72. The first-order valence-corrected chi connectivity index (χ1v) is 9.72. The molecule has 2 fully saturated rings. The van der Waals surface area contributed by atoms with Gasteiger partial charge in [-0.25, -0.2) is 0 Å². The molecule has 6 heteroatoms. The largest absolute Gasteiger partial charge is 0.361 e. The predicted octanol–water partition coefficient (Wildman–Crippen LogP) is 3.28. The minimum Gasteiger partial charge on any atom is -0.361 e. The third-order valence-corrected chi connectivity index (χ3v) is 5.81. The highest BCUT2D eigenvalue weighted by Gasteiger charge is 2.33. The van der Waals surface area contributed by atoms with Crippen LogP contribution in [0.3, 0.4) is 0 Å². The van der Waals surface area contributed by atoms with Crippen LogP contribution >= 0.6 is 0 Å². The van der Waals surface area contributed by atoms with Crippen molar-refractivity contribution < 1.29 is 9.32 Å². The second-order valence-electron chi connectivity index (χ2n) is 8.00. The molecule has 0 bridgehead atoms. The second-order valence-corrected chi connectivity index (χ2v) is 8.00. The Bertz CT molecular complexity index is 971. The van der Waals surface area contributed by atoms with Crippen LogP contribution in [-0.2, 0) is 6.54 Å². The molecule has 3 aromatic rings. The highest BCUT2D eigenvalue weighted by Crippen LogP contribution is 2.40. The minimum absolute atomic E-state index is 0.128. The van der Waals surface area contributed by atoms with Gasteiger partial charge in [0.25, 0.3) is 5.91 Å². The number of fused-ring (bicyclic) bond motifs is 1. The van der Waals surface area contributed by atoms with Gasteiger partial charge >= 0.3 is 0 Å². The van der Waals surface area contributed by atoms with Crippen molar-refractivity contribution in [3.8, 4) is 0 Å². The number of aromatic amines is 1. The average molecular weight is 364 g/mol. The maximum atomic E-state index is 12.5. The first kappa shape index (κ1) is 16.6. The number of benzene rings is 1. The third-order valence-electron chi connectivity index (χ3n) is 5.81. The van der Waals surface area contributed by atoms with E-state index >= 15 is 0 Å². The predicted molar refractivity (Wildman–Crippen MR) is 102 cm³/mol. The Balaban J connectivity index is 1.23. The zero-order valence-corrected chi connectivity index (χ0v) is 15.4. The Labute approximate surface area is 157 Å². The van der Waals surface area contributed by atoms with Gasteiger partial charge in [-0.2, -0.15) is 0 Å². The second kappa shape index (κ2) is 6.53. The van der Waals surface area contributed by atoms with Gasteiger partial charge in [0.1, 0.15) is 5.76 Å². The van der Waals surface area contributed by atoms with Gasteiger partial charge in [0, 0.05) is 54.8 Å². The monoisotopic (exact) mass is 364 g/mol. The molecule has 1 saturated carbocycles. The summed E-state index contributed by atoms with van der Waals surface area (Å²) in [6, 6.07) is 10.3. The number of para-hydroxylation sites is 1. The van der Waals surface area contributed by atoms with Crippen molar-refractivity contribution in [1.82, 2.24) is 20.4 Å². The summed E-state index contributed by atoms with van der Waals surface area (Å²) < 4.78 is 5.31. The van der Waals surface area contributed by atoms with Crippen LogP contribution in [0.25, 0.3) is 10.9 Å². The molecule has 1 saturated heterocycles. The molecule has 2 aromatic heterocycles. The molecular formula is C21H24N4O2. The smallest absolute Gasteiger partial charge is 0.273 e. The summed E-state index contributed by atoms with van der Waals surface area (Å²) in [4.78, 5) is 18.3. The number of hydrogen-bond donors (Lipinski definition) is 2. The molecule has 1 amide bonds. The van der Waals surface area contributed by atoms with Crippen molar-refractivity contribution in [1.29, 1.82) is 0 Å². The Morgan fingerprint density at radius 3 is 3.04 bits per heavy atom. The Morgan fingerprint density at radius 1 is 1.33 bits per heavy atom. The lowest BCUT2D eigenvalue weighted by molar-refractivity contribution is 0.0922. The topological polar surface area (TPSA) is 74.2 Å². The molecule has 6 nitrogen and oxygen atoms in total. The average Bonchev–Trinajstić information content (AvgIpc) is 3.11. The lowest BCUT2D eigenvalue weighted by atomic mass is 10.1. The summed E-state index contributed by atoms with van der Waals surface area (Å²) in [5, 5.41) is 8.38. The third kappa shape index (κ3) is 3.25. The molecule has 1 aromatic carbocycles. The Morgan fingerprint density at radius 2 is 2.19 bits per heavy atom. The molecule has 3 heterocycles. The lowest BCUT2D eigenvalue weighted by Crippen LogP contribution is -2.39. The maximum absolute atomic E-state index is 12.5. The van der Waals surface area contributed by atoms with Crippen LogP contribution < -0.4 is 5.32 Å². The van der Waals surface area contributed by atoms with Crippen LogP contribution in [0.1, 0.15) is 47.5 Å². The number of carbonyl (C=O) groups is 1. The van der Waals surface area contributed by atoms with Crippen LogP contribution in [0.4, 0.5) is 0 Å². The van der Waals surface area contributed by atoms with Gasteiger partial charge < -0.3 is 14.8 Å². The highest BCUT2D eigenvalue weighted by atomic mass is 16.5. The van der Waals surface area contributed by atoms with Gasteiger partial charge in [-0.1, -0.05) is 30.3 Å². The number of nitrogens with zero attached hydrogens (tertiary/aromatic N) is 2. The molecule has 5 rings (SSSR count). The summed E-state index contributed by atoms with van der Waals surface area (Å²) in [7, 11) is 0. The van der Waals surface area contributed by atoms with Crippen LogP contribution in [-0.4, -0.2) is 40.1 Å². The fourth-order valence-electron chi connectivity index (χ4n) is 4.09. The number of nitrogens with one attached hydrogen (secondary N) is 2. The fourth-order valence-corrected chi connectivity index (χ4v) is 4.09. The molecule has 2 atom stereocenters. The van der Waals surface area contributed by atoms with E-state index in [2.05, 4.69) is 51.7 Å². The maximum Gasteiger partial charge on any atom is 0.273 e. The Hall–Kier alpha value is -2.60. The van der Waals surface area contributed by atoms with Gasteiger partial charge in [-0.05, 0) is 30.4 Å². The molecule has 0 spiro atoms. The minimum atomic E-state index is -0.128. The number of rotatable bonds is 5. The number of H-pyrrole nitrogens is 1. The molecular weight excluding hydrogens is 340 g/mol. The zero-order chi connectivity index (χ0) is 18.4. The van der Waals surface area contributed by atoms with Crippen LogP contribution in [0.5, 0.6) is 0 Å². The van der Waals surface area contributed by atoms with Crippen molar-refractivity contribution >= 4 is 16.8 Å². The van der Waals surface area contributed by atoms with E-state index in [0.717, 1.165) is 38.2 Å². The number of aromatic nitrogens is 2. The quantitative estimate of drug-likeness (QED) is 0.729. The van der Waals surface area contributed by atoms with E-state index < -0.39 is 0 Å². The van der Waals surface area contributed by atoms with E-state index in [4.69, 9.17) is 4.52 Å². The summed E-state index contributed by atoms with van der Waals surface area (Å²) in [5.74, 6) is 1.59. The number of likely N-dealkylation sites (tertiary alicyclic amines) is 1. The molecule has 1 aliphatic heterocycles. The molecule has 27 heavy (non-hydrogen) atoms. The summed E-state index contributed by atoms with van der Waals surface area (Å²) in [5.41, 5.74) is 2.87. The van der Waals surface area contributed by atoms with Crippen molar-refractivity contribution in [3.63, 3.8) is 0 Å². The van der Waals surface area contributed by atoms with E-state index in [1.165, 1.54) is 16.5 Å². The van der Waals surface area contributed by atoms with Crippen LogP contribution in [0.2, 0.25) is 0 Å². The molecule has 0 unspecified atom stereocenters. The zero-order valence-electron chi connectivity index (χ0n) is 15.4. The normalized spacial score (nSPS) is 23.1. The van der Waals surface area contributed by atoms with Gasteiger partial charge in [0.2, 0.25) is 0 Å².